The summed E-state index contributed by atoms with van der Waals surface area (Å²) in [4.78, 5) is 10.7. The van der Waals surface area contributed by atoms with Gasteiger partial charge in [-0.15, -0.1) is 0 Å². The Balaban J connectivity index is 1.06. The Morgan fingerprint density at radius 3 is 1.37 bits per heavy atom. The molecule has 0 unspecified atom stereocenters. The van der Waals surface area contributed by atoms with Crippen LogP contribution in [0.2, 0.25) is 0 Å². The minimum Gasteiger partial charge on any atom is -0.309 e. The molecular formula is C58H38N4. The zero-order valence-electron chi connectivity index (χ0n) is 33.7. The zero-order chi connectivity index (χ0) is 41.0. The van der Waals surface area contributed by atoms with Gasteiger partial charge in [-0.1, -0.05) is 188 Å². The molecule has 0 aliphatic carbocycles. The fraction of sp³-hybridized carbons (Fsp3) is 0. The van der Waals surface area contributed by atoms with Crippen LogP contribution < -0.4 is 0 Å². The summed E-state index contributed by atoms with van der Waals surface area (Å²) in [5.74, 6) is 0.629. The molecule has 0 amide bonds. The zero-order valence-corrected chi connectivity index (χ0v) is 33.7. The monoisotopic (exact) mass is 790 g/mol. The first-order valence-corrected chi connectivity index (χ1v) is 21.1. The molecule has 12 rings (SSSR count). The van der Waals surface area contributed by atoms with Crippen molar-refractivity contribution in [2.24, 2.45) is 0 Å². The van der Waals surface area contributed by atoms with Crippen molar-refractivity contribution >= 4 is 43.6 Å². The Bertz CT molecular complexity index is 3590. The second-order valence-electron chi connectivity index (χ2n) is 15.8. The summed E-state index contributed by atoms with van der Waals surface area (Å²) < 4.78 is 4.69. The van der Waals surface area contributed by atoms with Crippen molar-refractivity contribution < 1.29 is 0 Å². The van der Waals surface area contributed by atoms with Crippen LogP contribution in [-0.4, -0.2) is 19.1 Å². The number of para-hydroxylation sites is 2. The fourth-order valence-corrected chi connectivity index (χ4v) is 9.21. The molecule has 4 heteroatoms. The molecule has 0 atom stereocenters. The normalized spacial score (nSPS) is 11.5. The van der Waals surface area contributed by atoms with Gasteiger partial charge in [0.15, 0.2) is 0 Å². The van der Waals surface area contributed by atoms with E-state index in [1.807, 2.05) is 6.07 Å². The SMILES string of the molecule is c1ccc(-c2ccc(-c3cc(-c4ccccc4)nc(-n4c5ccccc5c5c4ccc4c6ccccc6n(-c6ccc(-c7cccc(-c8ccccc8)c7)cc6)c45)n3)cc2)cc1. The quantitative estimate of drug-likeness (QED) is 0.161. The van der Waals surface area contributed by atoms with E-state index in [1.54, 1.807) is 0 Å². The molecule has 9 aromatic carbocycles. The van der Waals surface area contributed by atoms with Gasteiger partial charge in [-0.05, 0) is 75.8 Å². The standard InChI is InChI=1S/C58H38N4/c1-4-15-39(16-5-1)41-27-29-44(30-28-41)52-38-51(43-19-8-3-9-20-43)59-58(60-52)62-54-26-13-11-24-50(54)56-55(62)36-35-49-48-23-10-12-25-53(48)61(57(49)56)47-33-31-42(32-34-47)46-22-14-21-45(37-46)40-17-6-2-7-18-40/h1-38H. The van der Waals surface area contributed by atoms with Crippen LogP contribution in [0.5, 0.6) is 0 Å². The fourth-order valence-electron chi connectivity index (χ4n) is 9.21. The van der Waals surface area contributed by atoms with E-state index in [2.05, 4.69) is 234 Å². The lowest BCUT2D eigenvalue weighted by atomic mass is 9.99. The van der Waals surface area contributed by atoms with Crippen LogP contribution in [0.3, 0.4) is 0 Å². The maximum Gasteiger partial charge on any atom is 0.235 e. The summed E-state index contributed by atoms with van der Waals surface area (Å²) in [5.41, 5.74) is 16.5. The molecule has 0 bridgehead atoms. The largest absolute Gasteiger partial charge is 0.309 e. The number of hydrogen-bond donors (Lipinski definition) is 0. The van der Waals surface area contributed by atoms with Crippen LogP contribution in [0.25, 0.3) is 111 Å². The maximum absolute atomic E-state index is 5.39. The van der Waals surface area contributed by atoms with Crippen LogP contribution >= 0.6 is 0 Å². The molecular weight excluding hydrogens is 753 g/mol. The first-order valence-electron chi connectivity index (χ1n) is 21.1. The minimum atomic E-state index is 0.629. The first-order chi connectivity index (χ1) is 30.7. The van der Waals surface area contributed by atoms with Crippen LogP contribution in [0.4, 0.5) is 0 Å². The Labute approximate surface area is 359 Å². The van der Waals surface area contributed by atoms with E-state index in [0.717, 1.165) is 61.0 Å². The highest BCUT2D eigenvalue weighted by Crippen LogP contribution is 2.42. The molecule has 0 saturated heterocycles. The molecule has 0 N–H and O–H groups in total. The number of nitrogens with zero attached hydrogens (tertiary/aromatic N) is 4. The predicted octanol–water partition coefficient (Wildman–Crippen LogP) is 15.0. The van der Waals surface area contributed by atoms with Gasteiger partial charge < -0.3 is 4.57 Å². The lowest BCUT2D eigenvalue weighted by Crippen LogP contribution is -2.04. The van der Waals surface area contributed by atoms with Gasteiger partial charge in [-0.3, -0.25) is 4.57 Å². The number of fused-ring (bicyclic) bond motifs is 7. The summed E-state index contributed by atoms with van der Waals surface area (Å²) in [6.45, 7) is 0. The number of rotatable bonds is 7. The molecule has 0 spiro atoms. The maximum atomic E-state index is 5.39. The van der Waals surface area contributed by atoms with Gasteiger partial charge in [-0.25, -0.2) is 9.97 Å². The molecule has 0 fully saturated rings. The van der Waals surface area contributed by atoms with Crippen LogP contribution in [-0.2, 0) is 0 Å². The van der Waals surface area contributed by atoms with Crippen LogP contribution in [0, 0.1) is 0 Å². The van der Waals surface area contributed by atoms with E-state index in [4.69, 9.17) is 9.97 Å². The van der Waals surface area contributed by atoms with E-state index in [0.29, 0.717) is 5.95 Å². The van der Waals surface area contributed by atoms with Crippen molar-refractivity contribution in [2.75, 3.05) is 0 Å². The first kappa shape index (κ1) is 35.6. The lowest BCUT2D eigenvalue weighted by molar-refractivity contribution is 0.996. The van der Waals surface area contributed by atoms with Crippen molar-refractivity contribution in [1.82, 2.24) is 19.1 Å². The highest BCUT2D eigenvalue weighted by Gasteiger charge is 2.22. The summed E-state index contributed by atoms with van der Waals surface area (Å²) in [5, 5.41) is 4.73. The van der Waals surface area contributed by atoms with Crippen molar-refractivity contribution in [1.29, 1.82) is 0 Å². The summed E-state index contributed by atoms with van der Waals surface area (Å²) in [7, 11) is 0. The van der Waals surface area contributed by atoms with Gasteiger partial charge in [0, 0.05) is 38.4 Å². The van der Waals surface area contributed by atoms with E-state index in [9.17, 15) is 0 Å². The van der Waals surface area contributed by atoms with Gasteiger partial charge in [0.2, 0.25) is 5.95 Å². The smallest absolute Gasteiger partial charge is 0.235 e. The summed E-state index contributed by atoms with van der Waals surface area (Å²) >= 11 is 0. The highest BCUT2D eigenvalue weighted by molar-refractivity contribution is 6.26. The third-order valence-corrected chi connectivity index (χ3v) is 12.2. The molecule has 3 heterocycles. The molecule has 0 aliphatic heterocycles. The minimum absolute atomic E-state index is 0.629. The van der Waals surface area contributed by atoms with Gasteiger partial charge in [0.1, 0.15) is 0 Å². The van der Waals surface area contributed by atoms with Gasteiger partial charge >= 0.3 is 0 Å². The third-order valence-electron chi connectivity index (χ3n) is 12.2. The Morgan fingerprint density at radius 1 is 0.274 bits per heavy atom. The molecule has 0 aliphatic rings. The Kier molecular flexibility index (Phi) is 8.46. The van der Waals surface area contributed by atoms with E-state index in [1.165, 1.54) is 44.2 Å². The van der Waals surface area contributed by atoms with Crippen LogP contribution in [0.1, 0.15) is 0 Å². The molecule has 290 valence electrons. The van der Waals surface area contributed by atoms with Crippen LogP contribution in [0.15, 0.2) is 231 Å². The highest BCUT2D eigenvalue weighted by atomic mass is 15.2. The van der Waals surface area contributed by atoms with Gasteiger partial charge in [0.25, 0.3) is 0 Å². The van der Waals surface area contributed by atoms with Crippen molar-refractivity contribution in [3.05, 3.63) is 231 Å². The second-order valence-corrected chi connectivity index (χ2v) is 15.8. The molecule has 0 radical (unpaired) electrons. The number of aromatic nitrogens is 4. The molecule has 3 aromatic heterocycles. The molecule has 4 nitrogen and oxygen atoms in total. The second kappa shape index (κ2) is 14.7. The third kappa shape index (κ3) is 6.00. The summed E-state index contributed by atoms with van der Waals surface area (Å²) in [6, 6.07) is 82.1. The van der Waals surface area contributed by atoms with Gasteiger partial charge in [-0.2, -0.15) is 0 Å². The summed E-state index contributed by atoms with van der Waals surface area (Å²) in [6.07, 6.45) is 0. The Hall–Kier alpha value is -8.34. The molecule has 0 saturated carbocycles. The van der Waals surface area contributed by atoms with Gasteiger partial charge in [0.05, 0.1) is 33.5 Å². The van der Waals surface area contributed by atoms with Crippen molar-refractivity contribution in [3.8, 4) is 67.5 Å². The van der Waals surface area contributed by atoms with E-state index in [-0.39, 0.29) is 0 Å². The molecule has 12 aromatic rings. The Morgan fingerprint density at radius 2 is 0.726 bits per heavy atom. The topological polar surface area (TPSA) is 35.6 Å². The predicted molar refractivity (Wildman–Crippen MR) is 258 cm³/mol. The van der Waals surface area contributed by atoms with Crippen molar-refractivity contribution in [3.63, 3.8) is 0 Å². The van der Waals surface area contributed by atoms with Crippen molar-refractivity contribution in [2.45, 2.75) is 0 Å². The lowest BCUT2D eigenvalue weighted by Gasteiger charge is -2.13. The average Bonchev–Trinajstić information content (AvgIpc) is 3.88. The number of benzene rings is 9. The van der Waals surface area contributed by atoms with E-state index >= 15 is 0 Å². The average molecular weight is 791 g/mol. The number of hydrogen-bond acceptors (Lipinski definition) is 2. The van der Waals surface area contributed by atoms with E-state index < -0.39 is 0 Å². The molecule has 62 heavy (non-hydrogen) atoms.